The van der Waals surface area contributed by atoms with Crippen LogP contribution in [0.2, 0.25) is 0 Å². The molecule has 2 aliphatic heterocycles. The molecule has 0 amide bonds. The molecular formula is C44H56N4O4. The molecule has 1 fully saturated rings. The maximum atomic E-state index is 14.1. The molecule has 3 aromatic rings. The van der Waals surface area contributed by atoms with Gasteiger partial charge in [0.15, 0.2) is 5.78 Å². The second kappa shape index (κ2) is 15.2. The predicted molar refractivity (Wildman–Crippen MR) is 211 cm³/mol. The number of H-pyrrole nitrogens is 3. The van der Waals surface area contributed by atoms with Gasteiger partial charge in [0.1, 0.15) is 5.92 Å². The first kappa shape index (κ1) is 37.2. The van der Waals surface area contributed by atoms with Crippen LogP contribution >= 0.6 is 0 Å². The summed E-state index contributed by atoms with van der Waals surface area (Å²) in [6.07, 6.45) is 16.4. The zero-order valence-electron chi connectivity index (χ0n) is 32.2. The standard InChI is InChI=1S/C44H56N4O4/c1-10-29-25(6)32-20-34-27(8)31(16-13-18-52-19-17-24(5)15-12-14-23(3)4)41(47-34)39-40(44(50)51)43(49)38-28(9)35(48-42(38)39)22-37-30(11-2)26(7)33(46-37)21-36(29)45-32/h10,17,20-23,27,31,40,45-48H,1,11-16,18-19H2,2-9H3,(H,50,51)/b24-17-,33-21-,34-20-,37-22-,41-39-/t27-,31-,40+/m0/s1. The molecule has 0 saturated carbocycles. The van der Waals surface area contributed by atoms with Gasteiger partial charge in [-0.2, -0.15) is 0 Å². The molecule has 1 aliphatic carbocycles. The lowest BCUT2D eigenvalue weighted by atomic mass is 9.85. The van der Waals surface area contributed by atoms with Crippen molar-refractivity contribution < 1.29 is 19.4 Å². The van der Waals surface area contributed by atoms with Crippen LogP contribution in [0.25, 0.3) is 29.9 Å². The van der Waals surface area contributed by atoms with Crippen LogP contribution in [0.5, 0.6) is 0 Å². The van der Waals surface area contributed by atoms with Gasteiger partial charge in [0.05, 0.1) is 12.3 Å². The fourth-order valence-corrected chi connectivity index (χ4v) is 8.47. The first-order valence-corrected chi connectivity index (χ1v) is 19.1. The number of carbonyl (C=O) groups is 2. The van der Waals surface area contributed by atoms with Crippen molar-refractivity contribution in [1.29, 1.82) is 0 Å². The van der Waals surface area contributed by atoms with E-state index < -0.39 is 11.9 Å². The minimum atomic E-state index is -1.28. The minimum Gasteiger partial charge on any atom is -0.480 e. The second-order valence-electron chi connectivity index (χ2n) is 15.4. The second-order valence-corrected chi connectivity index (χ2v) is 15.4. The molecule has 8 nitrogen and oxygen atoms in total. The minimum absolute atomic E-state index is 0.0365. The molecule has 52 heavy (non-hydrogen) atoms. The molecule has 0 spiro atoms. The lowest BCUT2D eigenvalue weighted by Gasteiger charge is -2.19. The molecular weight excluding hydrogens is 649 g/mol. The van der Waals surface area contributed by atoms with Crippen LogP contribution in [0, 0.1) is 44.4 Å². The number of nitrogens with one attached hydrogen (secondary N) is 4. The number of aromatic amines is 3. The van der Waals surface area contributed by atoms with E-state index in [-0.39, 0.29) is 17.6 Å². The number of fused-ring (bicyclic) bond motifs is 7. The quantitative estimate of drug-likeness (QED) is 0.0705. The first-order valence-electron chi connectivity index (χ1n) is 19.1. The molecule has 1 saturated heterocycles. The summed E-state index contributed by atoms with van der Waals surface area (Å²) in [5, 5.41) is 16.2. The SMILES string of the molecule is C=Cc1c2[nH]c(c1C)/C=C1\N/C(=C3\c4[nH]c(c(C)c4C(=O)[C@@H]3C(=O)O)/C=c3\[nH]/c(c(C)c3CC)=C\2)[C@@H](CCCOC/C=C(/C)CCCC(C)C)[C@@H]1C. The van der Waals surface area contributed by atoms with Crippen molar-refractivity contribution in [3.63, 3.8) is 0 Å². The van der Waals surface area contributed by atoms with E-state index in [1.807, 2.05) is 13.0 Å². The smallest absolute Gasteiger partial charge is 0.319 e. The van der Waals surface area contributed by atoms with E-state index in [9.17, 15) is 14.7 Å². The maximum absolute atomic E-state index is 14.1. The third-order valence-electron chi connectivity index (χ3n) is 11.6. The number of hydrogen-bond acceptors (Lipinski definition) is 4. The topological polar surface area (TPSA) is 123 Å². The third kappa shape index (κ3) is 6.85. The normalized spacial score (nSPS) is 23.2. The van der Waals surface area contributed by atoms with Crippen LogP contribution < -0.4 is 16.0 Å². The van der Waals surface area contributed by atoms with Gasteiger partial charge < -0.3 is 30.1 Å². The molecule has 6 rings (SSSR count). The Labute approximate surface area is 307 Å². The van der Waals surface area contributed by atoms with Gasteiger partial charge in [-0.05, 0) is 106 Å². The Morgan fingerprint density at radius 3 is 2.42 bits per heavy atom. The summed E-state index contributed by atoms with van der Waals surface area (Å²) in [4.78, 5) is 37.9. The van der Waals surface area contributed by atoms with Gasteiger partial charge in [-0.15, -0.1) is 0 Å². The van der Waals surface area contributed by atoms with Crippen LogP contribution in [-0.4, -0.2) is 45.0 Å². The highest BCUT2D eigenvalue weighted by Crippen LogP contribution is 2.48. The zero-order chi connectivity index (χ0) is 37.4. The summed E-state index contributed by atoms with van der Waals surface area (Å²) in [5.74, 6) is -2.05. The summed E-state index contributed by atoms with van der Waals surface area (Å²) in [5.41, 5.74) is 12.8. The van der Waals surface area contributed by atoms with Crippen LogP contribution in [-0.2, 0) is 16.0 Å². The highest BCUT2D eigenvalue weighted by atomic mass is 16.5. The first-order chi connectivity index (χ1) is 24.9. The Morgan fingerprint density at radius 1 is 1.00 bits per heavy atom. The van der Waals surface area contributed by atoms with E-state index in [2.05, 4.69) is 99.6 Å². The number of aromatic nitrogens is 3. The van der Waals surface area contributed by atoms with E-state index in [0.717, 1.165) is 93.0 Å². The van der Waals surface area contributed by atoms with Gasteiger partial charge in [-0.3, -0.25) is 9.59 Å². The summed E-state index contributed by atoms with van der Waals surface area (Å²) < 4.78 is 6.08. The predicted octanol–water partition coefficient (Wildman–Crippen LogP) is 7.85. The van der Waals surface area contributed by atoms with Crippen molar-refractivity contribution in [2.75, 3.05) is 13.2 Å². The van der Waals surface area contributed by atoms with Gasteiger partial charge in [0, 0.05) is 74.3 Å². The van der Waals surface area contributed by atoms with Crippen LogP contribution in [0.4, 0.5) is 0 Å². The summed E-state index contributed by atoms with van der Waals surface area (Å²) in [7, 11) is 0. The van der Waals surface area contributed by atoms with Crippen molar-refractivity contribution in [2.45, 2.75) is 93.9 Å². The number of ether oxygens (including phenoxy) is 1. The average Bonchev–Trinajstić information content (AvgIpc) is 3.83. The van der Waals surface area contributed by atoms with Crippen molar-refractivity contribution >= 4 is 41.6 Å². The highest BCUT2D eigenvalue weighted by Gasteiger charge is 2.48. The van der Waals surface area contributed by atoms with Crippen LogP contribution in [0.1, 0.15) is 128 Å². The van der Waals surface area contributed by atoms with Crippen molar-refractivity contribution in [2.24, 2.45) is 23.7 Å². The van der Waals surface area contributed by atoms with Gasteiger partial charge in [-0.1, -0.05) is 58.4 Å². The maximum Gasteiger partial charge on any atom is 0.319 e. The van der Waals surface area contributed by atoms with Crippen molar-refractivity contribution in [3.8, 4) is 0 Å². The number of aliphatic carboxylic acids is 1. The average molecular weight is 705 g/mol. The molecule has 3 aromatic heterocycles. The molecule has 3 atom stereocenters. The van der Waals surface area contributed by atoms with Gasteiger partial charge in [0.2, 0.25) is 0 Å². The summed E-state index contributed by atoms with van der Waals surface area (Å²) in [6, 6.07) is 0. The van der Waals surface area contributed by atoms with E-state index in [0.29, 0.717) is 30.0 Å². The molecule has 8 bridgehead atoms. The molecule has 5 heterocycles. The Hall–Kier alpha value is -4.56. The largest absolute Gasteiger partial charge is 0.480 e. The number of carbonyl (C=O) groups excluding carboxylic acids is 1. The number of hydrogen-bond donors (Lipinski definition) is 5. The van der Waals surface area contributed by atoms with Crippen LogP contribution in [0.15, 0.2) is 29.6 Å². The molecule has 5 N–H and O–H groups in total. The molecule has 0 aromatic carbocycles. The van der Waals surface area contributed by atoms with E-state index in [1.54, 1.807) is 0 Å². The Kier molecular flexibility index (Phi) is 10.9. The van der Waals surface area contributed by atoms with Gasteiger partial charge >= 0.3 is 5.97 Å². The number of ketones is 1. The molecule has 8 heteroatoms. The Balaban J connectivity index is 1.44. The Bertz CT molecular complexity index is 2130. The van der Waals surface area contributed by atoms with E-state index >= 15 is 0 Å². The molecule has 0 unspecified atom stereocenters. The van der Waals surface area contributed by atoms with Gasteiger partial charge in [-0.25, -0.2) is 0 Å². The fourth-order valence-electron chi connectivity index (χ4n) is 8.47. The summed E-state index contributed by atoms with van der Waals surface area (Å²) >= 11 is 0. The zero-order valence-corrected chi connectivity index (χ0v) is 32.2. The number of carboxylic acids is 1. The third-order valence-corrected chi connectivity index (χ3v) is 11.6. The van der Waals surface area contributed by atoms with E-state index in [4.69, 9.17) is 4.74 Å². The summed E-state index contributed by atoms with van der Waals surface area (Å²) in [6.45, 7) is 22.5. The number of allylic oxidation sites excluding steroid dienone is 3. The molecule has 276 valence electrons. The lowest BCUT2D eigenvalue weighted by molar-refractivity contribution is -0.138. The number of Topliss-reactive ketones (excluding diaryl/α,β-unsaturated/α-hetero) is 1. The van der Waals surface area contributed by atoms with Crippen LogP contribution in [0.3, 0.4) is 0 Å². The number of carboxylic acid groups (broad SMARTS) is 1. The van der Waals surface area contributed by atoms with E-state index in [1.165, 1.54) is 24.0 Å². The highest BCUT2D eigenvalue weighted by molar-refractivity contribution is 6.24. The Morgan fingerprint density at radius 2 is 1.73 bits per heavy atom. The monoisotopic (exact) mass is 704 g/mol. The van der Waals surface area contributed by atoms with Crippen molar-refractivity contribution in [3.05, 3.63) is 96.5 Å². The number of rotatable bonds is 13. The lowest BCUT2D eigenvalue weighted by Crippen LogP contribution is -2.23. The van der Waals surface area contributed by atoms with Gasteiger partial charge in [0.25, 0.3) is 0 Å². The molecule has 0 radical (unpaired) electrons. The molecule has 3 aliphatic rings. The van der Waals surface area contributed by atoms with Crippen molar-refractivity contribution in [1.82, 2.24) is 20.3 Å². The fraction of sp³-hybridized carbons (Fsp3) is 0.455.